The Kier molecular flexibility index (Phi) is 4.96. The highest BCUT2D eigenvalue weighted by Crippen LogP contribution is 2.20. The molecule has 0 aromatic heterocycles. The summed E-state index contributed by atoms with van der Waals surface area (Å²) in [6.45, 7) is 4.43. The normalized spacial score (nSPS) is 25.2. The number of hydrogen-bond acceptors (Lipinski definition) is 3. The van der Waals surface area contributed by atoms with Crippen molar-refractivity contribution in [3.8, 4) is 0 Å². The molecule has 23 heavy (non-hydrogen) atoms. The van der Waals surface area contributed by atoms with E-state index in [1.54, 1.807) is 0 Å². The summed E-state index contributed by atoms with van der Waals surface area (Å²) in [6, 6.07) is 8.29. The lowest BCUT2D eigenvalue weighted by Gasteiger charge is -2.33. The fraction of sp³-hybridized carbons (Fsp3) is 0.556. The maximum atomic E-state index is 12.1. The summed E-state index contributed by atoms with van der Waals surface area (Å²) in [6.07, 6.45) is 4.91. The molecule has 0 radical (unpaired) electrons. The number of anilines is 1. The summed E-state index contributed by atoms with van der Waals surface area (Å²) in [4.78, 5) is 25.8. The average Bonchev–Trinajstić information content (AvgIpc) is 2.98. The van der Waals surface area contributed by atoms with E-state index >= 15 is 0 Å². The topological polar surface area (TPSA) is 61.4 Å². The van der Waals surface area contributed by atoms with E-state index in [2.05, 4.69) is 34.6 Å². The molecule has 1 aromatic rings. The number of benzene rings is 1. The van der Waals surface area contributed by atoms with E-state index in [4.69, 9.17) is 0 Å². The molecule has 2 fully saturated rings. The minimum atomic E-state index is -0.392. The Morgan fingerprint density at radius 3 is 2.70 bits per heavy atom. The molecule has 2 heterocycles. The van der Waals surface area contributed by atoms with Gasteiger partial charge in [0.25, 0.3) is 0 Å². The molecule has 1 aromatic carbocycles. The van der Waals surface area contributed by atoms with Crippen molar-refractivity contribution in [3.63, 3.8) is 0 Å². The molecule has 5 heteroatoms. The fourth-order valence-corrected chi connectivity index (χ4v) is 3.36. The molecule has 2 N–H and O–H groups in total. The van der Waals surface area contributed by atoms with Crippen molar-refractivity contribution in [3.05, 3.63) is 29.8 Å². The van der Waals surface area contributed by atoms with Gasteiger partial charge < -0.3 is 10.6 Å². The monoisotopic (exact) mass is 315 g/mol. The van der Waals surface area contributed by atoms with E-state index in [9.17, 15) is 9.59 Å². The van der Waals surface area contributed by atoms with Crippen LogP contribution in [0.25, 0.3) is 0 Å². The van der Waals surface area contributed by atoms with Crippen molar-refractivity contribution in [1.29, 1.82) is 0 Å². The van der Waals surface area contributed by atoms with Crippen LogP contribution in [0, 0.1) is 0 Å². The molecule has 0 aliphatic carbocycles. The van der Waals surface area contributed by atoms with Crippen LogP contribution in [0.2, 0.25) is 0 Å². The highest BCUT2D eigenvalue weighted by atomic mass is 16.2. The van der Waals surface area contributed by atoms with Gasteiger partial charge in [0.2, 0.25) is 11.8 Å². The van der Waals surface area contributed by atoms with Gasteiger partial charge >= 0.3 is 0 Å². The first-order valence-electron chi connectivity index (χ1n) is 8.55. The molecule has 0 bridgehead atoms. The van der Waals surface area contributed by atoms with Crippen LogP contribution in [0.3, 0.4) is 0 Å². The Hall–Kier alpha value is -1.88. The van der Waals surface area contributed by atoms with Crippen LogP contribution in [0.15, 0.2) is 24.3 Å². The maximum absolute atomic E-state index is 12.1. The minimum absolute atomic E-state index is 0.0452. The second-order valence-corrected chi connectivity index (χ2v) is 6.66. The summed E-state index contributed by atoms with van der Waals surface area (Å²) in [7, 11) is 0. The predicted octanol–water partition coefficient (Wildman–Crippen LogP) is 2.28. The van der Waals surface area contributed by atoms with Gasteiger partial charge in [-0.1, -0.05) is 18.6 Å². The lowest BCUT2D eigenvalue weighted by molar-refractivity contribution is -0.122. The summed E-state index contributed by atoms with van der Waals surface area (Å²) in [5, 5.41) is 5.56. The van der Waals surface area contributed by atoms with Gasteiger partial charge in [-0.3, -0.25) is 14.5 Å². The number of amides is 2. The molecular formula is C18H25N3O2. The molecule has 2 saturated heterocycles. The van der Waals surface area contributed by atoms with E-state index in [0.29, 0.717) is 18.9 Å². The number of nitrogens with zero attached hydrogens (tertiary/aromatic N) is 1. The van der Waals surface area contributed by atoms with Gasteiger partial charge in [-0.05, 0) is 50.4 Å². The largest absolute Gasteiger partial charge is 0.344 e. The second-order valence-electron chi connectivity index (χ2n) is 6.66. The number of carbonyl (C=O) groups excluding carboxylic acids is 2. The standard InChI is InChI=1S/C18H25N3O2/c1-13-4-2-3-11-21(13)12-14-5-7-15(8-6-14)19-18(23)16-9-10-17(22)20-16/h5-8,13,16H,2-4,9-12H2,1H3,(H,19,23)(H,20,22)/t13-,16+/m0/s1. The summed E-state index contributed by atoms with van der Waals surface area (Å²) < 4.78 is 0. The highest BCUT2D eigenvalue weighted by Gasteiger charge is 2.27. The third kappa shape index (κ3) is 4.10. The van der Waals surface area contributed by atoms with Crippen molar-refractivity contribution >= 4 is 17.5 Å². The molecule has 5 nitrogen and oxygen atoms in total. The van der Waals surface area contributed by atoms with Crippen molar-refractivity contribution in [1.82, 2.24) is 10.2 Å². The Bertz CT molecular complexity index is 570. The zero-order valence-corrected chi connectivity index (χ0v) is 13.7. The van der Waals surface area contributed by atoms with Gasteiger partial charge in [-0.2, -0.15) is 0 Å². The van der Waals surface area contributed by atoms with Gasteiger partial charge in [-0.15, -0.1) is 0 Å². The van der Waals surface area contributed by atoms with Gasteiger partial charge in [0, 0.05) is 24.7 Å². The van der Waals surface area contributed by atoms with Crippen molar-refractivity contribution in [2.75, 3.05) is 11.9 Å². The minimum Gasteiger partial charge on any atom is -0.344 e. The van der Waals surface area contributed by atoms with Crippen LogP contribution < -0.4 is 10.6 Å². The van der Waals surface area contributed by atoms with E-state index < -0.39 is 6.04 Å². The molecule has 2 aliphatic heterocycles. The number of rotatable bonds is 4. The number of hydrogen-bond donors (Lipinski definition) is 2. The number of piperidine rings is 1. The molecule has 0 unspecified atom stereocenters. The van der Waals surface area contributed by atoms with E-state index in [-0.39, 0.29) is 11.8 Å². The molecule has 2 aliphatic rings. The first kappa shape index (κ1) is 16.0. The third-order valence-electron chi connectivity index (χ3n) is 4.86. The van der Waals surface area contributed by atoms with Crippen molar-refractivity contribution in [2.24, 2.45) is 0 Å². The highest BCUT2D eigenvalue weighted by molar-refractivity contribution is 5.98. The van der Waals surface area contributed by atoms with E-state index in [1.165, 1.54) is 31.4 Å². The van der Waals surface area contributed by atoms with E-state index in [1.807, 2.05) is 12.1 Å². The third-order valence-corrected chi connectivity index (χ3v) is 4.86. The second kappa shape index (κ2) is 7.13. The Labute approximate surface area is 137 Å². The Morgan fingerprint density at radius 2 is 2.04 bits per heavy atom. The summed E-state index contributed by atoms with van der Waals surface area (Å²) in [5.41, 5.74) is 2.05. The first-order valence-corrected chi connectivity index (χ1v) is 8.55. The number of carbonyl (C=O) groups is 2. The molecule has 0 spiro atoms. The van der Waals surface area contributed by atoms with Gasteiger partial charge in [0.1, 0.15) is 6.04 Å². The Morgan fingerprint density at radius 1 is 1.26 bits per heavy atom. The average molecular weight is 315 g/mol. The molecule has 2 amide bonds. The lowest BCUT2D eigenvalue weighted by atomic mass is 10.0. The zero-order valence-electron chi connectivity index (χ0n) is 13.7. The lowest BCUT2D eigenvalue weighted by Crippen LogP contribution is -2.37. The van der Waals surface area contributed by atoms with Crippen LogP contribution in [-0.4, -0.2) is 35.3 Å². The van der Waals surface area contributed by atoms with Crippen LogP contribution in [0.4, 0.5) is 5.69 Å². The first-order chi connectivity index (χ1) is 11.1. The quantitative estimate of drug-likeness (QED) is 0.896. The van der Waals surface area contributed by atoms with Crippen LogP contribution in [0.5, 0.6) is 0 Å². The van der Waals surface area contributed by atoms with Gasteiger partial charge in [0.15, 0.2) is 0 Å². The van der Waals surface area contributed by atoms with Gasteiger partial charge in [-0.25, -0.2) is 0 Å². The molecule has 0 saturated carbocycles. The smallest absolute Gasteiger partial charge is 0.246 e. The number of nitrogens with one attached hydrogen (secondary N) is 2. The van der Waals surface area contributed by atoms with Crippen LogP contribution >= 0.6 is 0 Å². The van der Waals surface area contributed by atoms with Gasteiger partial charge in [0.05, 0.1) is 0 Å². The molecular weight excluding hydrogens is 290 g/mol. The fourth-order valence-electron chi connectivity index (χ4n) is 3.36. The van der Waals surface area contributed by atoms with Crippen molar-refractivity contribution in [2.45, 2.75) is 57.7 Å². The van der Waals surface area contributed by atoms with Crippen molar-refractivity contribution < 1.29 is 9.59 Å². The zero-order chi connectivity index (χ0) is 16.2. The molecule has 2 atom stereocenters. The maximum Gasteiger partial charge on any atom is 0.246 e. The Balaban J connectivity index is 1.54. The molecule has 3 rings (SSSR count). The summed E-state index contributed by atoms with van der Waals surface area (Å²) >= 11 is 0. The summed E-state index contributed by atoms with van der Waals surface area (Å²) in [5.74, 6) is -0.176. The molecule has 124 valence electrons. The van der Waals surface area contributed by atoms with Crippen LogP contribution in [-0.2, 0) is 16.1 Å². The van der Waals surface area contributed by atoms with Crippen LogP contribution in [0.1, 0.15) is 44.6 Å². The predicted molar refractivity (Wildman–Crippen MR) is 90.0 cm³/mol. The number of likely N-dealkylation sites (tertiary alicyclic amines) is 1. The van der Waals surface area contributed by atoms with E-state index in [0.717, 1.165) is 12.2 Å². The SMILES string of the molecule is C[C@H]1CCCCN1Cc1ccc(NC(=O)[C@H]2CCC(=O)N2)cc1.